The van der Waals surface area contributed by atoms with Crippen LogP contribution in [0.25, 0.3) is 99.6 Å². The Hall–Kier alpha value is -7.94. The molecule has 61 heavy (non-hydrogen) atoms. The van der Waals surface area contributed by atoms with E-state index in [9.17, 15) is 0 Å². The van der Waals surface area contributed by atoms with Gasteiger partial charge in [-0.05, 0) is 106 Å². The van der Waals surface area contributed by atoms with Crippen molar-refractivity contribution in [1.29, 1.82) is 0 Å². The van der Waals surface area contributed by atoms with Gasteiger partial charge >= 0.3 is 0 Å². The quantitative estimate of drug-likeness (QED) is 0.132. The van der Waals surface area contributed by atoms with Crippen LogP contribution >= 0.6 is 0 Å². The first-order valence-corrected chi connectivity index (χ1v) is 21.1. The Morgan fingerprint density at radius 3 is 1.49 bits per heavy atom. The maximum absolute atomic E-state index is 5.32. The Kier molecular flexibility index (Phi) is 7.26. The Bertz CT molecular complexity index is 3520. The first-order valence-electron chi connectivity index (χ1n) is 21.1. The fourth-order valence-corrected chi connectivity index (χ4v) is 10.7. The molecule has 0 saturated heterocycles. The predicted molar refractivity (Wildman–Crippen MR) is 253 cm³/mol. The van der Waals surface area contributed by atoms with Gasteiger partial charge in [-0.25, -0.2) is 9.97 Å². The predicted octanol–water partition coefficient (Wildman–Crippen LogP) is 14.9. The number of rotatable bonds is 4. The third kappa shape index (κ3) is 4.91. The van der Waals surface area contributed by atoms with Crippen LogP contribution in [0.3, 0.4) is 0 Å². The zero-order valence-corrected chi connectivity index (χ0v) is 33.2. The van der Waals surface area contributed by atoms with E-state index in [0.717, 1.165) is 28.1 Å². The van der Waals surface area contributed by atoms with Crippen LogP contribution in [0.4, 0.5) is 0 Å². The number of aromatic nitrogens is 2. The van der Waals surface area contributed by atoms with Crippen LogP contribution in [-0.4, -0.2) is 9.97 Å². The number of hydrogen-bond donors (Lipinski definition) is 0. The summed E-state index contributed by atoms with van der Waals surface area (Å²) in [5.74, 6) is 0.708. The second kappa shape index (κ2) is 13.0. The lowest BCUT2D eigenvalue weighted by Gasteiger charge is -2.30. The molecule has 0 saturated carbocycles. The summed E-state index contributed by atoms with van der Waals surface area (Å²) in [6.45, 7) is 0. The lowest BCUT2D eigenvalue weighted by atomic mass is 9.70. The second-order valence-corrected chi connectivity index (χ2v) is 16.4. The van der Waals surface area contributed by atoms with Gasteiger partial charge in [-0.1, -0.05) is 200 Å². The van der Waals surface area contributed by atoms with Crippen LogP contribution in [0.15, 0.2) is 218 Å². The van der Waals surface area contributed by atoms with Gasteiger partial charge in [0.15, 0.2) is 5.82 Å². The molecule has 0 unspecified atom stereocenters. The first-order chi connectivity index (χ1) is 30.2. The molecule has 2 heteroatoms. The van der Waals surface area contributed by atoms with Crippen LogP contribution in [0.5, 0.6) is 0 Å². The average Bonchev–Trinajstić information content (AvgIpc) is 3.80. The van der Waals surface area contributed by atoms with Gasteiger partial charge in [0.05, 0.1) is 16.8 Å². The molecular weight excluding hydrogens is 737 g/mol. The topological polar surface area (TPSA) is 25.8 Å². The van der Waals surface area contributed by atoms with E-state index in [1.807, 2.05) is 6.07 Å². The number of fused-ring (bicyclic) bond motifs is 14. The first kappa shape index (κ1) is 34.0. The van der Waals surface area contributed by atoms with E-state index < -0.39 is 5.41 Å². The molecule has 0 radical (unpaired) electrons. The van der Waals surface area contributed by atoms with Gasteiger partial charge in [-0.2, -0.15) is 0 Å². The van der Waals surface area contributed by atoms with E-state index in [1.54, 1.807) is 0 Å². The zero-order valence-electron chi connectivity index (χ0n) is 33.2. The highest BCUT2D eigenvalue weighted by atomic mass is 14.9. The minimum atomic E-state index is -0.429. The Balaban J connectivity index is 0.989. The molecule has 0 amide bonds. The summed E-state index contributed by atoms with van der Waals surface area (Å²) in [5, 5.41) is 7.53. The van der Waals surface area contributed by atoms with E-state index in [4.69, 9.17) is 9.97 Å². The number of benzene rings is 10. The molecule has 10 aromatic carbocycles. The minimum absolute atomic E-state index is 0.429. The third-order valence-corrected chi connectivity index (χ3v) is 13.3. The van der Waals surface area contributed by atoms with Crippen LogP contribution in [0.2, 0.25) is 0 Å². The Morgan fingerprint density at radius 1 is 0.279 bits per heavy atom. The monoisotopic (exact) mass is 772 g/mol. The highest BCUT2D eigenvalue weighted by molar-refractivity contribution is 6.20. The molecule has 0 aliphatic heterocycles. The summed E-state index contributed by atoms with van der Waals surface area (Å²) in [7, 11) is 0. The summed E-state index contributed by atoms with van der Waals surface area (Å²) in [5.41, 5.74) is 17.3. The van der Waals surface area contributed by atoms with E-state index in [2.05, 4.69) is 212 Å². The fourth-order valence-electron chi connectivity index (χ4n) is 10.7. The molecule has 0 atom stereocenters. The summed E-state index contributed by atoms with van der Waals surface area (Å²) in [6.07, 6.45) is 0. The smallest absolute Gasteiger partial charge is 0.160 e. The highest BCUT2D eigenvalue weighted by Gasteiger charge is 2.51. The van der Waals surface area contributed by atoms with E-state index in [0.29, 0.717) is 5.82 Å². The zero-order chi connectivity index (χ0) is 40.1. The molecule has 282 valence electrons. The van der Waals surface area contributed by atoms with Gasteiger partial charge in [0, 0.05) is 16.7 Å². The van der Waals surface area contributed by atoms with Crippen LogP contribution < -0.4 is 0 Å². The molecule has 2 aliphatic rings. The molecule has 1 spiro atoms. The number of hydrogen-bond acceptors (Lipinski definition) is 2. The normalized spacial score (nSPS) is 13.0. The lowest BCUT2D eigenvalue weighted by molar-refractivity contribution is 0.794. The van der Waals surface area contributed by atoms with Gasteiger partial charge in [-0.3, -0.25) is 0 Å². The van der Waals surface area contributed by atoms with E-state index in [-0.39, 0.29) is 0 Å². The molecule has 2 aliphatic carbocycles. The summed E-state index contributed by atoms with van der Waals surface area (Å²) >= 11 is 0. The molecule has 1 heterocycles. The van der Waals surface area contributed by atoms with Gasteiger partial charge in [-0.15, -0.1) is 0 Å². The van der Waals surface area contributed by atoms with Crippen molar-refractivity contribution in [2.24, 2.45) is 0 Å². The van der Waals surface area contributed by atoms with Gasteiger partial charge in [0.2, 0.25) is 0 Å². The second-order valence-electron chi connectivity index (χ2n) is 16.4. The van der Waals surface area contributed by atoms with Gasteiger partial charge in [0.25, 0.3) is 0 Å². The largest absolute Gasteiger partial charge is 0.228 e. The third-order valence-electron chi connectivity index (χ3n) is 13.3. The maximum Gasteiger partial charge on any atom is 0.160 e. The van der Waals surface area contributed by atoms with Crippen molar-refractivity contribution >= 4 is 32.3 Å². The molecule has 0 fully saturated rings. The molecular formula is C59H36N2. The van der Waals surface area contributed by atoms with E-state index >= 15 is 0 Å². The average molecular weight is 773 g/mol. The minimum Gasteiger partial charge on any atom is -0.228 e. The van der Waals surface area contributed by atoms with Crippen LogP contribution in [-0.2, 0) is 5.41 Å². The number of nitrogens with zero attached hydrogens (tertiary/aromatic N) is 2. The van der Waals surface area contributed by atoms with Crippen LogP contribution in [0, 0.1) is 0 Å². The lowest BCUT2D eigenvalue weighted by Crippen LogP contribution is -2.25. The Labute approximate surface area is 354 Å². The fraction of sp³-hybridized carbons (Fsp3) is 0.0169. The van der Waals surface area contributed by atoms with E-state index in [1.165, 1.54) is 88.0 Å². The molecule has 2 nitrogen and oxygen atoms in total. The summed E-state index contributed by atoms with van der Waals surface area (Å²) in [6, 6.07) is 79.7. The van der Waals surface area contributed by atoms with Crippen LogP contribution in [0.1, 0.15) is 22.3 Å². The molecule has 11 aromatic rings. The van der Waals surface area contributed by atoms with Crippen molar-refractivity contribution < 1.29 is 0 Å². The summed E-state index contributed by atoms with van der Waals surface area (Å²) in [4.78, 5) is 10.6. The molecule has 0 N–H and O–H groups in total. The molecule has 13 rings (SSSR count). The van der Waals surface area contributed by atoms with Crippen molar-refractivity contribution in [1.82, 2.24) is 9.97 Å². The van der Waals surface area contributed by atoms with Crippen molar-refractivity contribution in [2.75, 3.05) is 0 Å². The summed E-state index contributed by atoms with van der Waals surface area (Å²) < 4.78 is 0. The Morgan fingerprint density at radius 2 is 0.803 bits per heavy atom. The maximum atomic E-state index is 5.32. The van der Waals surface area contributed by atoms with Crippen molar-refractivity contribution in [2.45, 2.75) is 5.41 Å². The SMILES string of the molecule is c1ccc(-c2nc(-c3ccc(-c4c5ccccc5cc5c4ccc4ccccc45)cc3)cc(-c3ccc4c(c3)C3(c5ccccc5-c5ccccc53)c3ccccc3-4)n2)cc1. The highest BCUT2D eigenvalue weighted by Crippen LogP contribution is 2.63. The van der Waals surface area contributed by atoms with Crippen molar-refractivity contribution in [3.8, 4) is 67.3 Å². The standard InChI is InChI=1S/C59H36N2/c1-2-15-40(16-3-1)58-60-55(38-26-28-39(29-27-38)57-44-19-7-5-17-41(44)34-50-43-18-6-4-14-37(43)30-33-49(50)57)36-56(61-58)42-31-32-48-47-22-10-13-25-53(47)59(54(48)35-42)51-23-11-8-20-45(51)46-21-9-12-24-52(46)59/h1-36H. The van der Waals surface area contributed by atoms with Gasteiger partial charge in [0.1, 0.15) is 0 Å². The van der Waals surface area contributed by atoms with Crippen molar-refractivity contribution in [3.63, 3.8) is 0 Å². The van der Waals surface area contributed by atoms with Crippen molar-refractivity contribution in [3.05, 3.63) is 241 Å². The molecule has 0 bridgehead atoms. The molecule has 1 aromatic heterocycles. The van der Waals surface area contributed by atoms with Gasteiger partial charge < -0.3 is 0 Å².